The van der Waals surface area contributed by atoms with Gasteiger partial charge in [0.05, 0.1) is 20.7 Å². The first-order valence-electron chi connectivity index (χ1n) is 6.05. The van der Waals surface area contributed by atoms with Crippen molar-refractivity contribution in [2.75, 3.05) is 10.5 Å². The predicted molar refractivity (Wildman–Crippen MR) is 91.9 cm³/mol. The van der Waals surface area contributed by atoms with Crippen LogP contribution in [0.5, 0.6) is 0 Å². The van der Waals surface area contributed by atoms with E-state index in [1.54, 1.807) is 0 Å². The van der Waals surface area contributed by atoms with Gasteiger partial charge >= 0.3 is 0 Å². The molecule has 0 atom stereocenters. The molecule has 1 N–H and O–H groups in total. The number of Topliss-reactive ketones (excluding diaryl/α,β-unsaturated/α-hetero) is 1. The second-order valence-electron chi connectivity index (χ2n) is 4.34. The molecular formula is C14H11Cl2NO3S2. The SMILES string of the molecule is O=C(CS)c1ccc(NS(=O)(=O)c2ccc(Cl)c(Cl)c2)cc1. The largest absolute Gasteiger partial charge is 0.293 e. The third-order valence-electron chi connectivity index (χ3n) is 2.80. The molecule has 0 aromatic heterocycles. The minimum absolute atomic E-state index is 0.00240. The summed E-state index contributed by atoms with van der Waals surface area (Å²) in [5.41, 5.74) is 0.800. The number of benzene rings is 2. The van der Waals surface area contributed by atoms with Crippen molar-refractivity contribution in [1.82, 2.24) is 0 Å². The molecule has 2 aromatic rings. The molecule has 0 fully saturated rings. The molecule has 0 heterocycles. The monoisotopic (exact) mass is 375 g/mol. The lowest BCUT2D eigenvalue weighted by atomic mass is 10.1. The molecule has 2 aromatic carbocycles. The van der Waals surface area contributed by atoms with Crippen LogP contribution in [0.25, 0.3) is 0 Å². The van der Waals surface area contributed by atoms with Crippen LogP contribution in [0.4, 0.5) is 5.69 Å². The summed E-state index contributed by atoms with van der Waals surface area (Å²) in [6.45, 7) is 0. The summed E-state index contributed by atoms with van der Waals surface area (Å²) in [5, 5.41) is 0.425. The summed E-state index contributed by atoms with van der Waals surface area (Å²) < 4.78 is 26.9. The molecule has 4 nitrogen and oxygen atoms in total. The minimum Gasteiger partial charge on any atom is -0.293 e. The van der Waals surface area contributed by atoms with Gasteiger partial charge in [0.15, 0.2) is 5.78 Å². The molecule has 0 radical (unpaired) electrons. The van der Waals surface area contributed by atoms with Crippen molar-refractivity contribution in [2.45, 2.75) is 4.90 Å². The highest BCUT2D eigenvalue weighted by Gasteiger charge is 2.16. The normalized spacial score (nSPS) is 11.2. The topological polar surface area (TPSA) is 63.2 Å². The van der Waals surface area contributed by atoms with Gasteiger partial charge in [-0.15, -0.1) is 0 Å². The number of anilines is 1. The van der Waals surface area contributed by atoms with E-state index in [0.29, 0.717) is 11.3 Å². The molecule has 2 rings (SSSR count). The average molecular weight is 376 g/mol. The number of nitrogens with one attached hydrogen (secondary N) is 1. The van der Waals surface area contributed by atoms with E-state index in [-0.39, 0.29) is 26.5 Å². The number of carbonyl (C=O) groups is 1. The maximum Gasteiger partial charge on any atom is 0.261 e. The molecule has 116 valence electrons. The van der Waals surface area contributed by atoms with E-state index in [2.05, 4.69) is 17.4 Å². The van der Waals surface area contributed by atoms with Gasteiger partial charge in [-0.25, -0.2) is 8.42 Å². The van der Waals surface area contributed by atoms with Crippen molar-refractivity contribution in [3.05, 3.63) is 58.1 Å². The van der Waals surface area contributed by atoms with E-state index in [1.165, 1.54) is 42.5 Å². The molecule has 0 aliphatic heterocycles. The zero-order chi connectivity index (χ0) is 16.3. The van der Waals surface area contributed by atoms with Crippen LogP contribution in [0.15, 0.2) is 47.4 Å². The number of hydrogen-bond acceptors (Lipinski definition) is 4. The van der Waals surface area contributed by atoms with E-state index in [4.69, 9.17) is 23.2 Å². The zero-order valence-electron chi connectivity index (χ0n) is 11.1. The lowest BCUT2D eigenvalue weighted by Crippen LogP contribution is -2.13. The Morgan fingerprint density at radius 1 is 1.05 bits per heavy atom. The van der Waals surface area contributed by atoms with Crippen molar-refractivity contribution in [3.63, 3.8) is 0 Å². The fourth-order valence-corrected chi connectivity index (χ4v) is 3.30. The van der Waals surface area contributed by atoms with Crippen LogP contribution in [0, 0.1) is 0 Å². The summed E-state index contributed by atoms with van der Waals surface area (Å²) in [4.78, 5) is 11.5. The maximum atomic E-state index is 12.2. The molecule has 0 spiro atoms. The van der Waals surface area contributed by atoms with Crippen molar-refractivity contribution >= 4 is 57.3 Å². The fraction of sp³-hybridized carbons (Fsp3) is 0.0714. The van der Waals surface area contributed by atoms with Crippen LogP contribution in [0.2, 0.25) is 10.0 Å². The van der Waals surface area contributed by atoms with Crippen LogP contribution in [0.3, 0.4) is 0 Å². The number of sulfonamides is 1. The number of halogens is 2. The smallest absolute Gasteiger partial charge is 0.261 e. The van der Waals surface area contributed by atoms with Gasteiger partial charge in [-0.1, -0.05) is 23.2 Å². The molecule has 0 unspecified atom stereocenters. The summed E-state index contributed by atoms with van der Waals surface area (Å²) >= 11 is 15.5. The number of carbonyl (C=O) groups excluding carboxylic acids is 1. The Hall–Kier alpha value is -1.21. The van der Waals surface area contributed by atoms with Crippen LogP contribution < -0.4 is 4.72 Å². The Kier molecular flexibility index (Phi) is 5.39. The van der Waals surface area contributed by atoms with Crippen molar-refractivity contribution < 1.29 is 13.2 Å². The highest BCUT2D eigenvalue weighted by atomic mass is 35.5. The number of hydrogen-bond donors (Lipinski definition) is 2. The highest BCUT2D eigenvalue weighted by Crippen LogP contribution is 2.26. The van der Waals surface area contributed by atoms with Gasteiger partial charge in [0.2, 0.25) is 0 Å². The van der Waals surface area contributed by atoms with Crippen molar-refractivity contribution in [3.8, 4) is 0 Å². The van der Waals surface area contributed by atoms with E-state index < -0.39 is 10.0 Å². The summed E-state index contributed by atoms with van der Waals surface area (Å²) in [6.07, 6.45) is 0. The van der Waals surface area contributed by atoms with Crippen molar-refractivity contribution in [1.29, 1.82) is 0 Å². The van der Waals surface area contributed by atoms with Gasteiger partial charge in [0.1, 0.15) is 0 Å². The summed E-state index contributed by atoms with van der Waals surface area (Å²) in [5.74, 6) is -0.0452. The van der Waals surface area contributed by atoms with Gasteiger partial charge in [-0.2, -0.15) is 12.6 Å². The summed E-state index contributed by atoms with van der Waals surface area (Å²) in [7, 11) is -3.78. The first kappa shape index (κ1) is 17.1. The zero-order valence-corrected chi connectivity index (χ0v) is 14.3. The van der Waals surface area contributed by atoms with Gasteiger partial charge < -0.3 is 0 Å². The average Bonchev–Trinajstić information content (AvgIpc) is 2.49. The highest BCUT2D eigenvalue weighted by molar-refractivity contribution is 7.92. The number of rotatable bonds is 5. The van der Waals surface area contributed by atoms with E-state index in [1.807, 2.05) is 0 Å². The first-order valence-corrected chi connectivity index (χ1v) is 8.92. The van der Waals surface area contributed by atoms with E-state index in [9.17, 15) is 13.2 Å². The van der Waals surface area contributed by atoms with Gasteiger partial charge in [-0.05, 0) is 42.5 Å². The third-order valence-corrected chi connectivity index (χ3v) is 5.21. The molecule has 0 bridgehead atoms. The maximum absolute atomic E-state index is 12.2. The minimum atomic E-state index is -3.78. The lowest BCUT2D eigenvalue weighted by molar-refractivity contribution is 0.102. The van der Waals surface area contributed by atoms with Gasteiger partial charge in [-0.3, -0.25) is 9.52 Å². The van der Waals surface area contributed by atoms with E-state index >= 15 is 0 Å². The molecule has 0 saturated carbocycles. The number of ketones is 1. The Morgan fingerprint density at radius 2 is 1.68 bits per heavy atom. The van der Waals surface area contributed by atoms with Crippen LogP contribution in [0.1, 0.15) is 10.4 Å². The van der Waals surface area contributed by atoms with Crippen LogP contribution in [-0.4, -0.2) is 20.0 Å². The standard InChI is InChI=1S/C14H11Cl2NO3S2/c15-12-6-5-11(7-13(12)16)22(19,20)17-10-3-1-9(2-4-10)14(18)8-21/h1-7,17,21H,8H2. The molecular weight excluding hydrogens is 365 g/mol. The first-order chi connectivity index (χ1) is 10.3. The quantitative estimate of drug-likeness (QED) is 0.615. The van der Waals surface area contributed by atoms with Gasteiger partial charge in [0, 0.05) is 11.3 Å². The van der Waals surface area contributed by atoms with E-state index in [0.717, 1.165) is 0 Å². The molecule has 0 amide bonds. The molecule has 0 saturated heterocycles. The second-order valence-corrected chi connectivity index (χ2v) is 7.15. The molecule has 22 heavy (non-hydrogen) atoms. The van der Waals surface area contributed by atoms with Crippen molar-refractivity contribution in [2.24, 2.45) is 0 Å². The third kappa shape index (κ3) is 3.95. The Labute approximate surface area is 143 Å². The summed E-state index contributed by atoms with van der Waals surface area (Å²) in [6, 6.07) is 10.1. The Balaban J connectivity index is 2.25. The number of thiol groups is 1. The Morgan fingerprint density at radius 3 is 2.23 bits per heavy atom. The molecule has 0 aliphatic carbocycles. The fourth-order valence-electron chi connectivity index (χ4n) is 1.67. The van der Waals surface area contributed by atoms with Crippen LogP contribution in [-0.2, 0) is 10.0 Å². The molecule has 8 heteroatoms. The Bertz CT molecular complexity index is 805. The predicted octanol–water partition coefficient (Wildman–Crippen LogP) is 3.91. The lowest BCUT2D eigenvalue weighted by Gasteiger charge is -2.09. The second kappa shape index (κ2) is 6.91. The van der Waals surface area contributed by atoms with Gasteiger partial charge in [0.25, 0.3) is 10.0 Å². The van der Waals surface area contributed by atoms with Crippen LogP contribution >= 0.6 is 35.8 Å². The molecule has 0 aliphatic rings.